The molecule has 0 saturated carbocycles. The van der Waals surface area contributed by atoms with Crippen molar-refractivity contribution in [2.45, 2.75) is 24.8 Å². The van der Waals surface area contributed by atoms with Crippen molar-refractivity contribution in [1.29, 1.82) is 0 Å². The van der Waals surface area contributed by atoms with Gasteiger partial charge in [0.05, 0.1) is 16.9 Å². The predicted molar refractivity (Wildman–Crippen MR) is 69.9 cm³/mol. The number of hydrogen-bond acceptors (Lipinski definition) is 5. The van der Waals surface area contributed by atoms with Crippen LogP contribution in [0.1, 0.15) is 13.8 Å². The fraction of sp³-hybridized carbons (Fsp3) is 0.462. The molecule has 0 saturated heterocycles. The fourth-order valence-electron chi connectivity index (χ4n) is 1.65. The minimum atomic E-state index is -1.44. The van der Waals surface area contributed by atoms with Crippen LogP contribution in [0, 0.1) is 0 Å². The molecule has 104 valence electrons. The van der Waals surface area contributed by atoms with E-state index in [9.17, 15) is 9.00 Å². The Bertz CT molecular complexity index is 498. The Labute approximate surface area is 114 Å². The number of fused-ring (bicyclic) bond motifs is 1. The molecule has 0 amide bonds. The zero-order chi connectivity index (χ0) is 13.8. The van der Waals surface area contributed by atoms with Crippen LogP contribution < -0.4 is 9.47 Å². The molecular weight excluding hydrogens is 268 g/mol. The molecule has 19 heavy (non-hydrogen) atoms. The lowest BCUT2D eigenvalue weighted by Gasteiger charge is -2.18. The van der Waals surface area contributed by atoms with Gasteiger partial charge in [0, 0.05) is 11.0 Å². The summed E-state index contributed by atoms with van der Waals surface area (Å²) >= 11 is 0. The highest BCUT2D eigenvalue weighted by molar-refractivity contribution is 7.85. The fourth-order valence-corrected chi connectivity index (χ4v) is 2.56. The minimum Gasteiger partial charge on any atom is -0.486 e. The van der Waals surface area contributed by atoms with Crippen molar-refractivity contribution < 1.29 is 23.2 Å². The third-order valence-electron chi connectivity index (χ3n) is 2.39. The summed E-state index contributed by atoms with van der Waals surface area (Å²) in [6.45, 7) is 4.49. The number of esters is 1. The monoisotopic (exact) mass is 284 g/mol. The van der Waals surface area contributed by atoms with E-state index in [-0.39, 0.29) is 11.9 Å². The molecule has 6 heteroatoms. The van der Waals surface area contributed by atoms with Crippen LogP contribution in [0.4, 0.5) is 0 Å². The molecule has 0 aromatic heterocycles. The highest BCUT2D eigenvalue weighted by Gasteiger charge is 2.17. The van der Waals surface area contributed by atoms with Gasteiger partial charge >= 0.3 is 5.97 Å². The normalized spacial score (nSPS) is 15.1. The first-order chi connectivity index (χ1) is 9.06. The Hall–Kier alpha value is -1.56. The van der Waals surface area contributed by atoms with Crippen LogP contribution >= 0.6 is 0 Å². The van der Waals surface area contributed by atoms with E-state index in [1.54, 1.807) is 32.0 Å². The van der Waals surface area contributed by atoms with Crippen molar-refractivity contribution in [3.8, 4) is 11.5 Å². The van der Waals surface area contributed by atoms with E-state index in [0.717, 1.165) is 0 Å². The van der Waals surface area contributed by atoms with Gasteiger partial charge in [0.15, 0.2) is 11.5 Å². The largest absolute Gasteiger partial charge is 0.486 e. The first-order valence-corrected chi connectivity index (χ1v) is 7.35. The first-order valence-electron chi connectivity index (χ1n) is 6.04. The zero-order valence-corrected chi connectivity index (χ0v) is 11.7. The Balaban J connectivity index is 2.05. The lowest BCUT2D eigenvalue weighted by Crippen LogP contribution is -2.19. The second-order valence-electron chi connectivity index (χ2n) is 4.33. The Kier molecular flexibility index (Phi) is 4.42. The molecule has 2 rings (SSSR count). The topological polar surface area (TPSA) is 61.8 Å². The molecule has 0 N–H and O–H groups in total. The lowest BCUT2D eigenvalue weighted by molar-refractivity contribution is -0.144. The smallest absolute Gasteiger partial charge is 0.319 e. The molecule has 0 fully saturated rings. The maximum absolute atomic E-state index is 12.0. The average molecular weight is 284 g/mol. The summed E-state index contributed by atoms with van der Waals surface area (Å²) in [6.07, 6.45) is -0.204. The van der Waals surface area contributed by atoms with Gasteiger partial charge in [0.1, 0.15) is 19.0 Å². The average Bonchev–Trinajstić information content (AvgIpc) is 2.37. The summed E-state index contributed by atoms with van der Waals surface area (Å²) in [6, 6.07) is 5.02. The number of carbonyl (C=O) groups is 1. The second kappa shape index (κ2) is 6.06. The molecular formula is C13H16O5S. The number of rotatable bonds is 4. The van der Waals surface area contributed by atoms with Gasteiger partial charge in [-0.1, -0.05) is 0 Å². The highest BCUT2D eigenvalue weighted by atomic mass is 32.2. The van der Waals surface area contributed by atoms with Gasteiger partial charge in [-0.05, 0) is 26.0 Å². The number of benzene rings is 1. The van der Waals surface area contributed by atoms with Gasteiger partial charge in [0.25, 0.3) is 0 Å². The van der Waals surface area contributed by atoms with Gasteiger partial charge in [0.2, 0.25) is 0 Å². The maximum Gasteiger partial charge on any atom is 0.319 e. The number of hydrogen-bond donors (Lipinski definition) is 0. The van der Waals surface area contributed by atoms with E-state index in [0.29, 0.717) is 29.6 Å². The molecule has 1 aromatic carbocycles. The van der Waals surface area contributed by atoms with Crippen LogP contribution in [0.3, 0.4) is 0 Å². The first kappa shape index (κ1) is 13.9. The van der Waals surface area contributed by atoms with E-state index in [2.05, 4.69) is 0 Å². The SMILES string of the molecule is CC(C)OC(=O)CS(=O)c1ccc2c(c1)OCCO2. The van der Waals surface area contributed by atoms with E-state index >= 15 is 0 Å². The quantitative estimate of drug-likeness (QED) is 0.784. The van der Waals surface area contributed by atoms with Crippen molar-refractivity contribution in [2.75, 3.05) is 19.0 Å². The second-order valence-corrected chi connectivity index (χ2v) is 5.79. The summed E-state index contributed by atoms with van der Waals surface area (Å²) in [7, 11) is -1.44. The third kappa shape index (κ3) is 3.70. The van der Waals surface area contributed by atoms with Gasteiger partial charge < -0.3 is 14.2 Å². The van der Waals surface area contributed by atoms with Crippen LogP contribution in [-0.4, -0.2) is 35.2 Å². The van der Waals surface area contributed by atoms with Gasteiger partial charge in [-0.2, -0.15) is 0 Å². The van der Waals surface area contributed by atoms with Crippen molar-refractivity contribution in [1.82, 2.24) is 0 Å². The highest BCUT2D eigenvalue weighted by Crippen LogP contribution is 2.31. The van der Waals surface area contributed by atoms with Crippen LogP contribution in [0.5, 0.6) is 11.5 Å². The summed E-state index contributed by atoms with van der Waals surface area (Å²) in [5.41, 5.74) is 0. The third-order valence-corrected chi connectivity index (χ3v) is 3.67. The molecule has 1 aliphatic rings. The van der Waals surface area contributed by atoms with Gasteiger partial charge in [-0.25, -0.2) is 0 Å². The predicted octanol–water partition coefficient (Wildman–Crippen LogP) is 1.52. The molecule has 5 nitrogen and oxygen atoms in total. The molecule has 1 heterocycles. The van der Waals surface area contributed by atoms with Gasteiger partial charge in [-0.15, -0.1) is 0 Å². The molecule has 1 unspecified atom stereocenters. The van der Waals surface area contributed by atoms with Crippen LogP contribution in [-0.2, 0) is 20.3 Å². The van der Waals surface area contributed by atoms with Crippen molar-refractivity contribution in [3.63, 3.8) is 0 Å². The molecule has 0 radical (unpaired) electrons. The summed E-state index contributed by atoms with van der Waals surface area (Å²) < 4.78 is 27.8. The Morgan fingerprint density at radius 2 is 2.00 bits per heavy atom. The van der Waals surface area contributed by atoms with Crippen LogP contribution in [0.15, 0.2) is 23.1 Å². The molecule has 0 bridgehead atoms. The minimum absolute atomic E-state index is 0.155. The Morgan fingerprint density at radius 1 is 1.32 bits per heavy atom. The van der Waals surface area contributed by atoms with Crippen molar-refractivity contribution in [2.24, 2.45) is 0 Å². The van der Waals surface area contributed by atoms with Crippen molar-refractivity contribution >= 4 is 16.8 Å². The number of carbonyl (C=O) groups excluding carboxylic acids is 1. The Morgan fingerprint density at radius 3 is 2.68 bits per heavy atom. The summed E-state index contributed by atoms with van der Waals surface area (Å²) in [4.78, 5) is 12.0. The number of ether oxygens (including phenoxy) is 3. The molecule has 0 aliphatic carbocycles. The molecule has 1 atom stereocenters. The standard InChI is InChI=1S/C13H16O5S/c1-9(2)18-13(14)8-19(15)10-3-4-11-12(7-10)17-6-5-16-11/h3-4,7,9H,5-6,8H2,1-2H3. The lowest BCUT2D eigenvalue weighted by atomic mass is 10.3. The maximum atomic E-state index is 12.0. The zero-order valence-electron chi connectivity index (χ0n) is 10.9. The van der Waals surface area contributed by atoms with E-state index in [1.807, 2.05) is 0 Å². The van der Waals surface area contributed by atoms with E-state index in [1.165, 1.54) is 0 Å². The van der Waals surface area contributed by atoms with Crippen LogP contribution in [0.25, 0.3) is 0 Å². The van der Waals surface area contributed by atoms with E-state index < -0.39 is 16.8 Å². The molecule has 1 aliphatic heterocycles. The van der Waals surface area contributed by atoms with Crippen molar-refractivity contribution in [3.05, 3.63) is 18.2 Å². The van der Waals surface area contributed by atoms with Crippen LogP contribution in [0.2, 0.25) is 0 Å². The molecule has 0 spiro atoms. The molecule has 1 aromatic rings. The summed E-state index contributed by atoms with van der Waals surface area (Å²) in [5.74, 6) is 0.576. The summed E-state index contributed by atoms with van der Waals surface area (Å²) in [5, 5.41) is 0. The van der Waals surface area contributed by atoms with E-state index in [4.69, 9.17) is 14.2 Å². The van der Waals surface area contributed by atoms with Gasteiger partial charge in [-0.3, -0.25) is 9.00 Å².